The Balaban J connectivity index is 2.06. The molecule has 3 heteroatoms. The fraction of sp³-hybridized carbons (Fsp3) is 0.250. The van der Waals surface area contributed by atoms with E-state index in [4.69, 9.17) is 0 Å². The van der Waals surface area contributed by atoms with Crippen LogP contribution in [0, 0.1) is 5.82 Å². The van der Waals surface area contributed by atoms with Gasteiger partial charge in [-0.05, 0) is 49.2 Å². The van der Waals surface area contributed by atoms with Gasteiger partial charge in [0.1, 0.15) is 11.6 Å². The van der Waals surface area contributed by atoms with Crippen LogP contribution in [0.5, 0.6) is 5.75 Å². The third-order valence-electron chi connectivity index (χ3n) is 3.24. The van der Waals surface area contributed by atoms with Crippen molar-refractivity contribution in [3.05, 3.63) is 65.5 Å². The van der Waals surface area contributed by atoms with Crippen LogP contribution in [0.3, 0.4) is 0 Å². The Morgan fingerprint density at radius 3 is 2.21 bits per heavy atom. The van der Waals surface area contributed by atoms with Gasteiger partial charge in [0, 0.05) is 12.1 Å². The van der Waals surface area contributed by atoms with E-state index in [1.165, 1.54) is 6.07 Å². The van der Waals surface area contributed by atoms with Gasteiger partial charge >= 0.3 is 0 Å². The summed E-state index contributed by atoms with van der Waals surface area (Å²) in [6.07, 6.45) is 0. The van der Waals surface area contributed by atoms with Crippen molar-refractivity contribution in [3.63, 3.8) is 0 Å². The molecule has 2 N–H and O–H groups in total. The smallest absolute Gasteiger partial charge is 0.123 e. The minimum Gasteiger partial charge on any atom is -0.508 e. The predicted octanol–water partition coefficient (Wildman–Crippen LogP) is 3.94. The zero-order valence-electron chi connectivity index (χ0n) is 11.1. The van der Waals surface area contributed by atoms with Crippen LogP contribution in [0.2, 0.25) is 0 Å². The van der Waals surface area contributed by atoms with Crippen LogP contribution in [-0.4, -0.2) is 5.11 Å². The molecule has 0 radical (unpaired) electrons. The molecule has 0 heterocycles. The standard InChI is InChI=1S/C16H18FNO/c1-11(13-6-8-16(19)9-7-13)18-12(2)14-4-3-5-15(17)10-14/h3-12,18-19H,1-2H3/t11?,12-/m1/s1. The van der Waals surface area contributed by atoms with Gasteiger partial charge < -0.3 is 10.4 Å². The maximum absolute atomic E-state index is 13.2. The van der Waals surface area contributed by atoms with Crippen molar-refractivity contribution >= 4 is 0 Å². The Morgan fingerprint density at radius 1 is 0.947 bits per heavy atom. The molecule has 0 aliphatic rings. The maximum atomic E-state index is 13.2. The average Bonchev–Trinajstić information content (AvgIpc) is 2.39. The zero-order valence-corrected chi connectivity index (χ0v) is 11.1. The fourth-order valence-electron chi connectivity index (χ4n) is 2.11. The molecular weight excluding hydrogens is 241 g/mol. The van der Waals surface area contributed by atoms with Gasteiger partial charge in [-0.2, -0.15) is 0 Å². The maximum Gasteiger partial charge on any atom is 0.123 e. The molecule has 0 aliphatic heterocycles. The van der Waals surface area contributed by atoms with Crippen LogP contribution in [0.4, 0.5) is 4.39 Å². The lowest BCUT2D eigenvalue weighted by Gasteiger charge is -2.21. The normalized spacial score (nSPS) is 14.1. The summed E-state index contributed by atoms with van der Waals surface area (Å²) in [7, 11) is 0. The Labute approximate surface area is 112 Å². The highest BCUT2D eigenvalue weighted by atomic mass is 19.1. The highest BCUT2D eigenvalue weighted by Crippen LogP contribution is 2.21. The second-order valence-electron chi connectivity index (χ2n) is 4.76. The molecular formula is C16H18FNO. The van der Waals surface area contributed by atoms with Gasteiger partial charge in [-0.1, -0.05) is 24.3 Å². The topological polar surface area (TPSA) is 32.3 Å². The molecule has 0 fully saturated rings. The Morgan fingerprint density at radius 2 is 1.58 bits per heavy atom. The molecule has 0 bridgehead atoms. The average molecular weight is 259 g/mol. The minimum atomic E-state index is -0.219. The van der Waals surface area contributed by atoms with Crippen LogP contribution in [0.25, 0.3) is 0 Å². The van der Waals surface area contributed by atoms with Gasteiger partial charge in [0.25, 0.3) is 0 Å². The van der Waals surface area contributed by atoms with E-state index in [2.05, 4.69) is 5.32 Å². The van der Waals surface area contributed by atoms with Gasteiger partial charge in [-0.15, -0.1) is 0 Å². The quantitative estimate of drug-likeness (QED) is 0.871. The molecule has 2 rings (SSSR count). The fourth-order valence-corrected chi connectivity index (χ4v) is 2.11. The molecule has 0 aliphatic carbocycles. The van der Waals surface area contributed by atoms with Gasteiger partial charge in [0.15, 0.2) is 0 Å². The van der Waals surface area contributed by atoms with E-state index in [-0.39, 0.29) is 23.7 Å². The molecule has 2 nitrogen and oxygen atoms in total. The third-order valence-corrected chi connectivity index (χ3v) is 3.24. The first-order chi connectivity index (χ1) is 9.06. The lowest BCUT2D eigenvalue weighted by atomic mass is 10.0. The number of benzene rings is 2. The number of nitrogens with one attached hydrogen (secondary N) is 1. The van der Waals surface area contributed by atoms with Crippen LogP contribution < -0.4 is 5.32 Å². The number of phenols is 1. The first-order valence-corrected chi connectivity index (χ1v) is 6.36. The van der Waals surface area contributed by atoms with Gasteiger partial charge in [0.2, 0.25) is 0 Å². The number of halogens is 1. The minimum absolute atomic E-state index is 0.0551. The van der Waals surface area contributed by atoms with Crippen LogP contribution in [0.15, 0.2) is 48.5 Å². The lowest BCUT2D eigenvalue weighted by Crippen LogP contribution is -2.22. The van der Waals surface area contributed by atoms with Gasteiger partial charge in [-0.3, -0.25) is 0 Å². The number of phenolic OH excluding ortho intramolecular Hbond substituents is 1. The van der Waals surface area contributed by atoms with Crippen molar-refractivity contribution in [2.24, 2.45) is 0 Å². The Hall–Kier alpha value is -1.87. The molecule has 0 spiro atoms. The molecule has 2 atom stereocenters. The summed E-state index contributed by atoms with van der Waals surface area (Å²) in [5.41, 5.74) is 2.01. The highest BCUT2D eigenvalue weighted by molar-refractivity contribution is 5.28. The number of hydrogen-bond donors (Lipinski definition) is 2. The van der Waals surface area contributed by atoms with Crippen molar-refractivity contribution in [1.82, 2.24) is 5.32 Å². The number of rotatable bonds is 4. The SMILES string of the molecule is CC(N[C@H](C)c1cccc(F)c1)c1ccc(O)cc1. The molecule has 1 unspecified atom stereocenters. The zero-order chi connectivity index (χ0) is 13.8. The Bertz CT molecular complexity index is 539. The molecule has 0 saturated carbocycles. The summed E-state index contributed by atoms with van der Waals surface area (Å²) in [5.74, 6) is 0.0394. The first-order valence-electron chi connectivity index (χ1n) is 6.36. The van der Waals surface area contributed by atoms with Crippen molar-refractivity contribution in [1.29, 1.82) is 0 Å². The van der Waals surface area contributed by atoms with Crippen LogP contribution in [-0.2, 0) is 0 Å². The van der Waals surface area contributed by atoms with Crippen molar-refractivity contribution in [2.45, 2.75) is 25.9 Å². The van der Waals surface area contributed by atoms with E-state index in [0.29, 0.717) is 0 Å². The second-order valence-corrected chi connectivity index (χ2v) is 4.76. The highest BCUT2D eigenvalue weighted by Gasteiger charge is 2.11. The number of aromatic hydroxyl groups is 1. The molecule has 0 amide bonds. The molecule has 19 heavy (non-hydrogen) atoms. The van der Waals surface area contributed by atoms with E-state index < -0.39 is 0 Å². The second kappa shape index (κ2) is 5.85. The molecule has 0 aromatic heterocycles. The predicted molar refractivity (Wildman–Crippen MR) is 74.5 cm³/mol. The van der Waals surface area contributed by atoms with E-state index in [9.17, 15) is 9.50 Å². The van der Waals surface area contributed by atoms with Crippen LogP contribution in [0.1, 0.15) is 37.1 Å². The monoisotopic (exact) mass is 259 g/mol. The summed E-state index contributed by atoms with van der Waals surface area (Å²) in [6.45, 7) is 4.05. The van der Waals surface area contributed by atoms with Crippen molar-refractivity contribution < 1.29 is 9.50 Å². The lowest BCUT2D eigenvalue weighted by molar-refractivity contribution is 0.471. The number of hydrogen-bond acceptors (Lipinski definition) is 2. The van der Waals surface area contributed by atoms with Gasteiger partial charge in [0.05, 0.1) is 0 Å². The van der Waals surface area contributed by atoms with E-state index >= 15 is 0 Å². The summed E-state index contributed by atoms with van der Waals surface area (Å²) in [6, 6.07) is 13.9. The molecule has 2 aromatic rings. The molecule has 2 aromatic carbocycles. The van der Waals surface area contributed by atoms with E-state index in [0.717, 1.165) is 11.1 Å². The third kappa shape index (κ3) is 3.55. The largest absolute Gasteiger partial charge is 0.508 e. The van der Waals surface area contributed by atoms with E-state index in [1.54, 1.807) is 24.3 Å². The Kier molecular flexibility index (Phi) is 4.17. The van der Waals surface area contributed by atoms with Crippen molar-refractivity contribution in [2.75, 3.05) is 0 Å². The summed E-state index contributed by atoms with van der Waals surface area (Å²) < 4.78 is 13.2. The van der Waals surface area contributed by atoms with Gasteiger partial charge in [-0.25, -0.2) is 4.39 Å². The first kappa shape index (κ1) is 13.6. The van der Waals surface area contributed by atoms with Crippen LogP contribution >= 0.6 is 0 Å². The summed E-state index contributed by atoms with van der Waals surface area (Å²) in [4.78, 5) is 0. The van der Waals surface area contributed by atoms with Crippen molar-refractivity contribution in [3.8, 4) is 5.75 Å². The summed E-state index contributed by atoms with van der Waals surface area (Å²) >= 11 is 0. The molecule has 0 saturated heterocycles. The summed E-state index contributed by atoms with van der Waals surface area (Å²) in [5, 5.41) is 12.7. The van der Waals surface area contributed by atoms with E-state index in [1.807, 2.05) is 32.0 Å². The molecule has 100 valence electrons.